The molecule has 0 spiro atoms. The van der Waals surface area contributed by atoms with Crippen LogP contribution < -0.4 is 5.32 Å². The zero-order chi connectivity index (χ0) is 9.97. The molecule has 1 aliphatic rings. The number of nitrogens with zero attached hydrogens (tertiary/aromatic N) is 1. The minimum atomic E-state index is -0.264. The van der Waals surface area contributed by atoms with E-state index in [2.05, 4.69) is 17.2 Å². The Hall–Kier alpha value is -0.960. The van der Waals surface area contributed by atoms with Gasteiger partial charge < -0.3 is 5.32 Å². The van der Waals surface area contributed by atoms with Crippen molar-refractivity contribution in [2.24, 2.45) is 5.92 Å². The van der Waals surface area contributed by atoms with Crippen LogP contribution in [0.3, 0.4) is 0 Å². The monoisotopic (exact) mass is 194 g/mol. The lowest BCUT2D eigenvalue weighted by Crippen LogP contribution is -2.23. The summed E-state index contributed by atoms with van der Waals surface area (Å²) in [6, 6.07) is 3.58. The van der Waals surface area contributed by atoms with Crippen LogP contribution in [0.25, 0.3) is 0 Å². The van der Waals surface area contributed by atoms with Crippen LogP contribution in [0, 0.1) is 11.7 Å². The Kier molecular flexibility index (Phi) is 2.77. The van der Waals surface area contributed by atoms with Gasteiger partial charge in [0.15, 0.2) is 0 Å². The zero-order valence-corrected chi connectivity index (χ0v) is 8.33. The van der Waals surface area contributed by atoms with E-state index in [1.165, 1.54) is 25.1 Å². The summed E-state index contributed by atoms with van der Waals surface area (Å²) in [5.41, 5.74) is 0.968. The summed E-state index contributed by atoms with van der Waals surface area (Å²) >= 11 is 0. The summed E-state index contributed by atoms with van der Waals surface area (Å²) in [5, 5.41) is 3.40. The Balaban J connectivity index is 2.13. The maximum absolute atomic E-state index is 12.7. The lowest BCUT2D eigenvalue weighted by atomic mass is 10.1. The van der Waals surface area contributed by atoms with Crippen LogP contribution in [0.2, 0.25) is 0 Å². The minimum absolute atomic E-state index is 0.264. The molecule has 76 valence electrons. The van der Waals surface area contributed by atoms with E-state index in [1.54, 1.807) is 6.07 Å². The van der Waals surface area contributed by atoms with E-state index in [-0.39, 0.29) is 5.82 Å². The van der Waals surface area contributed by atoms with Gasteiger partial charge in [-0.25, -0.2) is 4.39 Å². The number of nitrogens with one attached hydrogen (secondary N) is 1. The van der Waals surface area contributed by atoms with Crippen molar-refractivity contribution < 1.29 is 4.39 Å². The molecule has 0 aromatic carbocycles. The summed E-state index contributed by atoms with van der Waals surface area (Å²) in [6.07, 6.45) is 3.81. The third-order valence-corrected chi connectivity index (χ3v) is 2.59. The molecule has 0 radical (unpaired) electrons. The number of hydrogen-bond donors (Lipinski definition) is 1. The molecule has 1 aliphatic carbocycles. The molecule has 1 heterocycles. The molecule has 0 aliphatic heterocycles. The van der Waals surface area contributed by atoms with Crippen molar-refractivity contribution in [1.82, 2.24) is 10.3 Å². The number of pyridine rings is 1. The Morgan fingerprint density at radius 1 is 1.57 bits per heavy atom. The maximum atomic E-state index is 12.7. The number of rotatable bonds is 4. The summed E-state index contributed by atoms with van der Waals surface area (Å²) in [6.45, 7) is 3.01. The van der Waals surface area contributed by atoms with Crippen LogP contribution in [0.15, 0.2) is 18.3 Å². The van der Waals surface area contributed by atoms with E-state index >= 15 is 0 Å². The number of hydrogen-bond acceptors (Lipinski definition) is 2. The van der Waals surface area contributed by atoms with Gasteiger partial charge in [-0.2, -0.15) is 0 Å². The molecule has 0 saturated heterocycles. The van der Waals surface area contributed by atoms with Crippen molar-refractivity contribution >= 4 is 0 Å². The van der Waals surface area contributed by atoms with Crippen LogP contribution in [0.4, 0.5) is 4.39 Å². The highest BCUT2D eigenvalue weighted by Crippen LogP contribution is 2.40. The van der Waals surface area contributed by atoms with Crippen molar-refractivity contribution in [3.8, 4) is 0 Å². The first kappa shape index (κ1) is 9.59. The van der Waals surface area contributed by atoms with E-state index in [4.69, 9.17) is 0 Å². The molecule has 2 rings (SSSR count). The molecule has 14 heavy (non-hydrogen) atoms. The van der Waals surface area contributed by atoms with Crippen LogP contribution in [0.5, 0.6) is 0 Å². The van der Waals surface area contributed by atoms with Gasteiger partial charge in [0.2, 0.25) is 0 Å². The second-order valence-corrected chi connectivity index (χ2v) is 3.77. The predicted molar refractivity (Wildman–Crippen MR) is 53.3 cm³/mol. The maximum Gasteiger partial charge on any atom is 0.141 e. The SMILES string of the molecule is CCNC(c1ccc(F)cn1)C1CC1. The fourth-order valence-electron chi connectivity index (χ4n) is 1.73. The highest BCUT2D eigenvalue weighted by atomic mass is 19.1. The normalized spacial score (nSPS) is 18.1. The Labute approximate surface area is 83.6 Å². The van der Waals surface area contributed by atoms with E-state index in [9.17, 15) is 4.39 Å². The van der Waals surface area contributed by atoms with Crippen molar-refractivity contribution in [3.63, 3.8) is 0 Å². The van der Waals surface area contributed by atoms with Gasteiger partial charge >= 0.3 is 0 Å². The molecule has 1 atom stereocenters. The van der Waals surface area contributed by atoms with Gasteiger partial charge in [0.25, 0.3) is 0 Å². The van der Waals surface area contributed by atoms with Crippen LogP contribution in [-0.4, -0.2) is 11.5 Å². The average molecular weight is 194 g/mol. The van der Waals surface area contributed by atoms with E-state index in [0.29, 0.717) is 12.0 Å². The first-order valence-corrected chi connectivity index (χ1v) is 5.16. The predicted octanol–water partition coefficient (Wildman–Crippen LogP) is 2.28. The van der Waals surface area contributed by atoms with Gasteiger partial charge in [0.05, 0.1) is 17.9 Å². The first-order valence-electron chi connectivity index (χ1n) is 5.16. The molecular formula is C11H15FN2. The van der Waals surface area contributed by atoms with Gasteiger partial charge in [-0.15, -0.1) is 0 Å². The van der Waals surface area contributed by atoms with E-state index in [1.807, 2.05) is 0 Å². The van der Waals surface area contributed by atoms with Crippen molar-refractivity contribution in [3.05, 3.63) is 29.8 Å². The quantitative estimate of drug-likeness (QED) is 0.795. The summed E-state index contributed by atoms with van der Waals surface area (Å²) in [7, 11) is 0. The molecule has 0 bridgehead atoms. The van der Waals surface area contributed by atoms with Gasteiger partial charge in [0.1, 0.15) is 5.82 Å². The Morgan fingerprint density at radius 2 is 2.36 bits per heavy atom. The Bertz CT molecular complexity index is 293. The largest absolute Gasteiger partial charge is 0.309 e. The van der Waals surface area contributed by atoms with Crippen molar-refractivity contribution in [2.75, 3.05) is 6.54 Å². The summed E-state index contributed by atoms with van der Waals surface area (Å²) < 4.78 is 12.7. The fraction of sp³-hybridized carbons (Fsp3) is 0.545. The highest BCUT2D eigenvalue weighted by Gasteiger charge is 2.32. The van der Waals surface area contributed by atoms with Crippen LogP contribution >= 0.6 is 0 Å². The molecule has 1 fully saturated rings. The third-order valence-electron chi connectivity index (χ3n) is 2.59. The molecule has 1 aromatic rings. The van der Waals surface area contributed by atoms with Crippen molar-refractivity contribution in [2.45, 2.75) is 25.8 Å². The molecule has 1 N–H and O–H groups in total. The highest BCUT2D eigenvalue weighted by molar-refractivity contribution is 5.12. The molecule has 1 aromatic heterocycles. The topological polar surface area (TPSA) is 24.9 Å². The lowest BCUT2D eigenvalue weighted by Gasteiger charge is -2.16. The first-order chi connectivity index (χ1) is 6.81. The van der Waals surface area contributed by atoms with Gasteiger partial charge in [-0.1, -0.05) is 6.92 Å². The van der Waals surface area contributed by atoms with Gasteiger partial charge in [-0.3, -0.25) is 4.98 Å². The number of aromatic nitrogens is 1. The fourth-order valence-corrected chi connectivity index (χ4v) is 1.73. The molecule has 1 saturated carbocycles. The minimum Gasteiger partial charge on any atom is -0.309 e. The zero-order valence-electron chi connectivity index (χ0n) is 8.33. The molecular weight excluding hydrogens is 179 g/mol. The lowest BCUT2D eigenvalue weighted by molar-refractivity contribution is 0.482. The van der Waals surface area contributed by atoms with E-state index < -0.39 is 0 Å². The summed E-state index contributed by atoms with van der Waals surface area (Å²) in [4.78, 5) is 4.12. The molecule has 3 heteroatoms. The molecule has 2 nitrogen and oxygen atoms in total. The smallest absolute Gasteiger partial charge is 0.141 e. The molecule has 0 amide bonds. The standard InChI is InChI=1S/C11H15FN2/c1-2-13-11(8-3-4-8)10-6-5-9(12)7-14-10/h5-8,11,13H,2-4H2,1H3. The van der Waals surface area contributed by atoms with Gasteiger partial charge in [-0.05, 0) is 37.4 Å². The van der Waals surface area contributed by atoms with Crippen molar-refractivity contribution in [1.29, 1.82) is 0 Å². The van der Waals surface area contributed by atoms with E-state index in [0.717, 1.165) is 12.2 Å². The Morgan fingerprint density at radius 3 is 2.86 bits per heavy atom. The third kappa shape index (κ3) is 2.10. The second-order valence-electron chi connectivity index (χ2n) is 3.77. The van der Waals surface area contributed by atoms with Gasteiger partial charge in [0, 0.05) is 0 Å². The average Bonchev–Trinajstić information content (AvgIpc) is 2.99. The van der Waals surface area contributed by atoms with Crippen LogP contribution in [-0.2, 0) is 0 Å². The second kappa shape index (κ2) is 4.05. The van der Waals surface area contributed by atoms with Crippen LogP contribution in [0.1, 0.15) is 31.5 Å². The number of halogens is 1. The summed E-state index contributed by atoms with van der Waals surface area (Å²) in [5.74, 6) is 0.438. The molecule has 1 unspecified atom stereocenters.